The third-order valence-electron chi connectivity index (χ3n) is 3.24. The van der Waals surface area contributed by atoms with Crippen molar-refractivity contribution in [1.82, 2.24) is 5.32 Å². The summed E-state index contributed by atoms with van der Waals surface area (Å²) in [6, 6.07) is 14.6. The summed E-state index contributed by atoms with van der Waals surface area (Å²) in [7, 11) is 0. The van der Waals surface area contributed by atoms with E-state index in [4.69, 9.17) is 11.6 Å². The Bertz CT molecular complexity index is 613. The van der Waals surface area contributed by atoms with Crippen LogP contribution in [0.15, 0.2) is 48.5 Å². The van der Waals surface area contributed by atoms with E-state index in [1.807, 2.05) is 37.3 Å². The van der Waals surface area contributed by atoms with E-state index in [9.17, 15) is 9.90 Å². The number of aryl methyl sites for hydroxylation is 1. The summed E-state index contributed by atoms with van der Waals surface area (Å²) >= 11 is 5.94. The number of phenolic OH excluding ortho intramolecular Hbond substituents is 1. The zero-order chi connectivity index (χ0) is 15.2. The van der Waals surface area contributed by atoms with Crippen molar-refractivity contribution >= 4 is 17.5 Å². The van der Waals surface area contributed by atoms with Gasteiger partial charge in [0, 0.05) is 11.9 Å². The van der Waals surface area contributed by atoms with Crippen LogP contribution in [0.3, 0.4) is 0 Å². The predicted molar refractivity (Wildman–Crippen MR) is 85.0 cm³/mol. The van der Waals surface area contributed by atoms with Gasteiger partial charge in [-0.2, -0.15) is 0 Å². The van der Waals surface area contributed by atoms with Crippen LogP contribution < -0.4 is 5.32 Å². The number of alkyl halides is 1. The minimum Gasteiger partial charge on any atom is -0.507 e. The fourth-order valence-electron chi connectivity index (χ4n) is 2.14. The fraction of sp³-hybridized carbons (Fsp3) is 0.235. The third-order valence-corrected chi connectivity index (χ3v) is 3.62. The van der Waals surface area contributed by atoms with Gasteiger partial charge in [0.25, 0.3) is 5.91 Å². The molecule has 0 heterocycles. The van der Waals surface area contributed by atoms with E-state index in [1.165, 1.54) is 0 Å². The molecule has 0 saturated carbocycles. The molecule has 0 fully saturated rings. The zero-order valence-corrected chi connectivity index (χ0v) is 12.6. The molecular weight excluding hydrogens is 286 g/mol. The topological polar surface area (TPSA) is 49.3 Å². The van der Waals surface area contributed by atoms with Crippen LogP contribution in [0.1, 0.15) is 21.5 Å². The van der Waals surface area contributed by atoms with Gasteiger partial charge < -0.3 is 10.4 Å². The second-order valence-electron chi connectivity index (χ2n) is 5.04. The number of phenols is 1. The number of halogens is 1. The van der Waals surface area contributed by atoms with Crippen molar-refractivity contribution in [1.29, 1.82) is 0 Å². The molecule has 0 aliphatic rings. The van der Waals surface area contributed by atoms with Gasteiger partial charge in [0.15, 0.2) is 0 Å². The average molecular weight is 304 g/mol. The summed E-state index contributed by atoms with van der Waals surface area (Å²) < 4.78 is 0. The molecule has 2 N–H and O–H groups in total. The van der Waals surface area contributed by atoms with Crippen LogP contribution in [0.4, 0.5) is 0 Å². The summed E-state index contributed by atoms with van der Waals surface area (Å²) in [5.41, 5.74) is 2.28. The molecule has 0 aromatic heterocycles. The zero-order valence-electron chi connectivity index (χ0n) is 11.8. The van der Waals surface area contributed by atoms with E-state index >= 15 is 0 Å². The van der Waals surface area contributed by atoms with Crippen LogP contribution in [0, 0.1) is 6.92 Å². The highest BCUT2D eigenvalue weighted by Crippen LogP contribution is 2.18. The van der Waals surface area contributed by atoms with E-state index in [0.29, 0.717) is 12.3 Å². The van der Waals surface area contributed by atoms with E-state index in [0.717, 1.165) is 11.1 Å². The molecule has 0 aliphatic heterocycles. The Kier molecular flexibility index (Phi) is 5.23. The summed E-state index contributed by atoms with van der Waals surface area (Å²) in [6.45, 7) is 1.86. The summed E-state index contributed by atoms with van der Waals surface area (Å²) in [5, 5.41) is 12.7. The van der Waals surface area contributed by atoms with Gasteiger partial charge in [0.05, 0.1) is 5.56 Å². The standard InChI is InChI=1S/C17H18ClNO2/c1-12-7-8-15(16(20)9-12)17(21)19-14(11-18)10-13-5-3-2-4-6-13/h2-9,14,20H,10-11H2,1H3,(H,19,21). The van der Waals surface area contributed by atoms with Crippen LogP contribution in [-0.2, 0) is 6.42 Å². The van der Waals surface area contributed by atoms with Crippen molar-refractivity contribution in [3.63, 3.8) is 0 Å². The molecule has 0 aliphatic carbocycles. The summed E-state index contributed by atoms with van der Waals surface area (Å²) in [5.74, 6) is -0.0117. The number of aromatic hydroxyl groups is 1. The Morgan fingerprint density at radius 3 is 2.57 bits per heavy atom. The molecule has 3 nitrogen and oxygen atoms in total. The van der Waals surface area contributed by atoms with Crippen molar-refractivity contribution in [2.75, 3.05) is 5.88 Å². The number of amides is 1. The van der Waals surface area contributed by atoms with Crippen molar-refractivity contribution in [3.8, 4) is 5.75 Å². The van der Waals surface area contributed by atoms with E-state index in [1.54, 1.807) is 18.2 Å². The van der Waals surface area contributed by atoms with Crippen molar-refractivity contribution in [2.45, 2.75) is 19.4 Å². The van der Waals surface area contributed by atoms with Crippen LogP contribution in [0.5, 0.6) is 5.75 Å². The highest BCUT2D eigenvalue weighted by atomic mass is 35.5. The Morgan fingerprint density at radius 2 is 1.95 bits per heavy atom. The van der Waals surface area contributed by atoms with Gasteiger partial charge in [-0.1, -0.05) is 36.4 Å². The fourth-order valence-corrected chi connectivity index (χ4v) is 2.33. The SMILES string of the molecule is Cc1ccc(C(=O)NC(CCl)Cc2ccccc2)c(O)c1. The van der Waals surface area contributed by atoms with Crippen LogP contribution >= 0.6 is 11.6 Å². The molecule has 21 heavy (non-hydrogen) atoms. The number of carbonyl (C=O) groups is 1. The van der Waals surface area contributed by atoms with Gasteiger partial charge >= 0.3 is 0 Å². The average Bonchev–Trinajstić information content (AvgIpc) is 2.47. The van der Waals surface area contributed by atoms with Crippen molar-refractivity contribution < 1.29 is 9.90 Å². The van der Waals surface area contributed by atoms with Crippen LogP contribution in [0.25, 0.3) is 0 Å². The number of carbonyl (C=O) groups excluding carboxylic acids is 1. The summed E-state index contributed by atoms with van der Waals surface area (Å²) in [4.78, 5) is 12.2. The molecule has 0 radical (unpaired) electrons. The van der Waals surface area contributed by atoms with E-state index in [-0.39, 0.29) is 23.3 Å². The van der Waals surface area contributed by atoms with Gasteiger partial charge in [-0.25, -0.2) is 0 Å². The molecule has 2 aromatic rings. The molecule has 110 valence electrons. The Labute approximate surface area is 129 Å². The lowest BCUT2D eigenvalue weighted by atomic mass is 10.1. The first-order chi connectivity index (χ1) is 10.1. The van der Waals surface area contributed by atoms with Crippen LogP contribution in [-0.4, -0.2) is 22.9 Å². The first-order valence-corrected chi connectivity index (χ1v) is 7.34. The lowest BCUT2D eigenvalue weighted by Crippen LogP contribution is -2.37. The minimum atomic E-state index is -0.311. The molecule has 0 saturated heterocycles. The molecule has 0 spiro atoms. The van der Waals surface area contributed by atoms with Gasteiger partial charge in [0.1, 0.15) is 5.75 Å². The van der Waals surface area contributed by atoms with E-state index < -0.39 is 0 Å². The first kappa shape index (κ1) is 15.4. The Morgan fingerprint density at radius 1 is 1.24 bits per heavy atom. The molecular formula is C17H18ClNO2. The van der Waals surface area contributed by atoms with Gasteiger partial charge in [-0.15, -0.1) is 11.6 Å². The molecule has 4 heteroatoms. The maximum absolute atomic E-state index is 12.2. The molecule has 1 atom stereocenters. The van der Waals surface area contributed by atoms with Crippen molar-refractivity contribution in [3.05, 3.63) is 65.2 Å². The number of hydrogen-bond donors (Lipinski definition) is 2. The number of hydrogen-bond acceptors (Lipinski definition) is 2. The lowest BCUT2D eigenvalue weighted by Gasteiger charge is -2.16. The second kappa shape index (κ2) is 7.14. The monoisotopic (exact) mass is 303 g/mol. The highest BCUT2D eigenvalue weighted by Gasteiger charge is 2.16. The second-order valence-corrected chi connectivity index (χ2v) is 5.34. The predicted octanol–water partition coefficient (Wildman–Crippen LogP) is 3.28. The molecule has 2 aromatic carbocycles. The van der Waals surface area contributed by atoms with Gasteiger partial charge in [-0.05, 0) is 36.6 Å². The summed E-state index contributed by atoms with van der Waals surface area (Å²) in [6.07, 6.45) is 0.655. The maximum atomic E-state index is 12.2. The highest BCUT2D eigenvalue weighted by molar-refractivity contribution is 6.18. The normalized spacial score (nSPS) is 11.9. The Balaban J connectivity index is 2.06. The van der Waals surface area contributed by atoms with Gasteiger partial charge in [0.2, 0.25) is 0 Å². The smallest absolute Gasteiger partial charge is 0.255 e. The molecule has 2 rings (SSSR count). The maximum Gasteiger partial charge on any atom is 0.255 e. The minimum absolute atomic E-state index is 0.0134. The van der Waals surface area contributed by atoms with E-state index in [2.05, 4.69) is 5.32 Å². The number of benzene rings is 2. The van der Waals surface area contributed by atoms with Gasteiger partial charge in [-0.3, -0.25) is 4.79 Å². The number of nitrogens with one attached hydrogen (secondary N) is 1. The molecule has 1 amide bonds. The third kappa shape index (κ3) is 4.23. The quantitative estimate of drug-likeness (QED) is 0.833. The molecule has 0 bridgehead atoms. The number of rotatable bonds is 5. The lowest BCUT2D eigenvalue weighted by molar-refractivity contribution is 0.0938. The van der Waals surface area contributed by atoms with Crippen LogP contribution in [0.2, 0.25) is 0 Å². The Hall–Kier alpha value is -2.00. The van der Waals surface area contributed by atoms with Crippen molar-refractivity contribution in [2.24, 2.45) is 0 Å². The molecule has 1 unspecified atom stereocenters. The largest absolute Gasteiger partial charge is 0.507 e. The first-order valence-electron chi connectivity index (χ1n) is 6.80.